The van der Waals surface area contributed by atoms with Crippen LogP contribution in [0.2, 0.25) is 5.15 Å². The molecule has 0 unspecified atom stereocenters. The van der Waals surface area contributed by atoms with E-state index in [-0.39, 0.29) is 67.3 Å². The number of carbonyl (C=O) groups is 3. The standard InChI is InChI=1S/C45H69ClN10O14/c46-40-42(49)53-41(48)35(52-40)43(68)54-45(50)51-18-4-2-5-25-7-12-27(13-8-25)28-14-9-26(10-15-28)11-16-34(63)56(29(44(69)70)6-1-3-17-47)20-19-55(21-30(59)36(64)38(66)32(61)23-57)22-31(60)37(65)39(67)33(62)24-58/h7-10,12-15,29-33,36-39,57-62,64-67H,1-6,11,16-24,47H2,(H,69,70)(H4,48,49,53)(H3,50,51,54,68)/t29-,30-,31-,32+,33+,36+,37+,38+,39+/m0/s1. The number of carboxylic acids is 1. The Morgan fingerprint density at radius 2 is 1.20 bits per heavy atom. The van der Waals surface area contributed by atoms with Crippen molar-refractivity contribution in [3.63, 3.8) is 0 Å². The number of aromatic nitrogens is 2. The summed E-state index contributed by atoms with van der Waals surface area (Å²) in [5, 5.41) is 124. The monoisotopic (exact) mass is 1010 g/mol. The molecule has 0 aliphatic heterocycles. The Bertz CT molecular complexity index is 2070. The number of aliphatic hydroxyl groups is 10. The molecule has 20 N–H and O–H groups in total. The fourth-order valence-electron chi connectivity index (χ4n) is 7.34. The molecule has 3 aromatic rings. The van der Waals surface area contributed by atoms with Gasteiger partial charge in [-0.3, -0.25) is 25.2 Å². The maximum absolute atomic E-state index is 14.0. The highest BCUT2D eigenvalue weighted by molar-refractivity contribution is 6.31. The minimum atomic E-state index is -2.04. The largest absolute Gasteiger partial charge is 0.480 e. The number of benzene rings is 2. The lowest BCUT2D eigenvalue weighted by atomic mass is 9.99. The molecule has 0 aliphatic carbocycles. The summed E-state index contributed by atoms with van der Waals surface area (Å²) in [6, 6.07) is 14.1. The summed E-state index contributed by atoms with van der Waals surface area (Å²) in [5.41, 5.74) is 20.3. The zero-order valence-corrected chi connectivity index (χ0v) is 39.4. The molecule has 0 spiro atoms. The van der Waals surface area contributed by atoms with E-state index in [1.165, 1.54) is 4.90 Å². The van der Waals surface area contributed by atoms with Crippen molar-refractivity contribution in [2.24, 2.45) is 5.73 Å². The first kappa shape index (κ1) is 59.1. The molecule has 0 saturated carbocycles. The molecule has 25 heteroatoms. The third kappa shape index (κ3) is 18.5. The third-order valence-corrected chi connectivity index (χ3v) is 11.8. The van der Waals surface area contributed by atoms with Crippen LogP contribution in [-0.2, 0) is 22.4 Å². The molecular weight excluding hydrogens is 940 g/mol. The molecular formula is C45H69ClN10O14. The molecule has 0 fully saturated rings. The van der Waals surface area contributed by atoms with Gasteiger partial charge in [-0.1, -0.05) is 60.1 Å². The van der Waals surface area contributed by atoms with Crippen molar-refractivity contribution in [1.29, 1.82) is 5.41 Å². The van der Waals surface area contributed by atoms with Crippen LogP contribution in [0.25, 0.3) is 11.1 Å². The van der Waals surface area contributed by atoms with Crippen LogP contribution in [-0.4, -0.2) is 207 Å². The van der Waals surface area contributed by atoms with Crippen molar-refractivity contribution >= 4 is 47.0 Å². The number of nitrogens with zero attached hydrogens (tertiary/aromatic N) is 4. The van der Waals surface area contributed by atoms with Crippen LogP contribution in [0.4, 0.5) is 11.6 Å². The normalized spacial score (nSPS) is 15.5. The number of hydrogen-bond donors (Lipinski definition) is 17. The first-order valence-electron chi connectivity index (χ1n) is 22.7. The number of aliphatic hydroxyl groups excluding tert-OH is 10. The van der Waals surface area contributed by atoms with Gasteiger partial charge in [-0.05, 0) is 73.7 Å². The Kier molecular flexibility index (Phi) is 25.2. The molecule has 2 aromatic carbocycles. The maximum Gasteiger partial charge on any atom is 0.326 e. The smallest absolute Gasteiger partial charge is 0.326 e. The van der Waals surface area contributed by atoms with E-state index < -0.39 is 99.0 Å². The Morgan fingerprint density at radius 3 is 1.70 bits per heavy atom. The Morgan fingerprint density at radius 1 is 0.686 bits per heavy atom. The molecule has 2 amide bonds. The van der Waals surface area contributed by atoms with Gasteiger partial charge in [0.15, 0.2) is 28.4 Å². The number of halogens is 1. The first-order valence-corrected chi connectivity index (χ1v) is 23.1. The zero-order chi connectivity index (χ0) is 52.1. The van der Waals surface area contributed by atoms with Crippen molar-refractivity contribution in [1.82, 2.24) is 30.4 Å². The number of amides is 2. The number of aliphatic carboxylic acids is 1. The number of aryl methyl sites for hydroxylation is 2. The van der Waals surface area contributed by atoms with Crippen LogP contribution in [0.15, 0.2) is 48.5 Å². The van der Waals surface area contributed by atoms with E-state index in [2.05, 4.69) is 20.6 Å². The second-order valence-electron chi connectivity index (χ2n) is 16.8. The number of anilines is 2. The number of rotatable bonds is 31. The van der Waals surface area contributed by atoms with E-state index in [0.717, 1.165) is 40.0 Å². The van der Waals surface area contributed by atoms with Crippen LogP contribution in [0, 0.1) is 5.41 Å². The number of nitrogens with one attached hydrogen (secondary N) is 3. The van der Waals surface area contributed by atoms with Gasteiger partial charge >= 0.3 is 5.97 Å². The Hall–Kier alpha value is -5.19. The van der Waals surface area contributed by atoms with Crippen molar-refractivity contribution in [2.75, 3.05) is 63.9 Å². The average molecular weight is 1010 g/mol. The van der Waals surface area contributed by atoms with Crippen LogP contribution >= 0.6 is 11.6 Å². The highest BCUT2D eigenvalue weighted by atomic mass is 35.5. The van der Waals surface area contributed by atoms with Crippen LogP contribution in [0.3, 0.4) is 0 Å². The number of guanidine groups is 1. The topological polar surface area (TPSA) is 432 Å². The van der Waals surface area contributed by atoms with E-state index in [4.69, 9.17) is 34.2 Å². The fraction of sp³-hybridized carbons (Fsp3) is 0.556. The minimum Gasteiger partial charge on any atom is -0.480 e. The molecule has 0 aliphatic rings. The van der Waals surface area contributed by atoms with E-state index in [1.807, 2.05) is 48.5 Å². The van der Waals surface area contributed by atoms with Gasteiger partial charge in [-0.2, -0.15) is 0 Å². The number of unbranched alkanes of at least 4 members (excludes halogenated alkanes) is 2. The molecule has 70 heavy (non-hydrogen) atoms. The predicted octanol–water partition coefficient (Wildman–Crippen LogP) is -3.24. The van der Waals surface area contributed by atoms with Gasteiger partial charge in [0, 0.05) is 39.1 Å². The summed E-state index contributed by atoms with van der Waals surface area (Å²) in [6.07, 6.45) is -12.3. The summed E-state index contributed by atoms with van der Waals surface area (Å²) >= 11 is 5.83. The van der Waals surface area contributed by atoms with Crippen LogP contribution in [0.5, 0.6) is 0 Å². The summed E-state index contributed by atoms with van der Waals surface area (Å²) in [4.78, 5) is 49.0. The molecule has 0 bridgehead atoms. The van der Waals surface area contributed by atoms with E-state index in [0.29, 0.717) is 25.8 Å². The highest BCUT2D eigenvalue weighted by Crippen LogP contribution is 2.23. The predicted molar refractivity (Wildman–Crippen MR) is 257 cm³/mol. The number of nitrogen functional groups attached to an aromatic ring is 2. The Labute approximate surface area is 409 Å². The minimum absolute atomic E-state index is 0.0328. The summed E-state index contributed by atoms with van der Waals surface area (Å²) < 4.78 is 0. The quantitative estimate of drug-likeness (QED) is 0.0171. The van der Waals surface area contributed by atoms with Crippen molar-refractivity contribution in [3.8, 4) is 11.1 Å². The van der Waals surface area contributed by atoms with Gasteiger partial charge in [-0.15, -0.1) is 0 Å². The second kappa shape index (κ2) is 29.9. The van der Waals surface area contributed by atoms with Crippen molar-refractivity contribution in [3.05, 3.63) is 70.5 Å². The number of nitrogens with two attached hydrogens (primary N) is 3. The second-order valence-corrected chi connectivity index (χ2v) is 17.2. The SMILES string of the molecule is N=C(NCCCCc1ccc(-c2ccc(CCC(=O)N(CCN(C[C@H](O)[C@@H](O)[C@H](O)[C@H](O)CO)C[C@H](O)[C@@H](O)[C@H](O)[C@H](O)CO)[C@@H](CCCCN)C(=O)O)cc2)cc1)NC(=O)c1nc(Cl)c(N)nc1N. The zero-order valence-electron chi connectivity index (χ0n) is 38.7. The van der Waals surface area contributed by atoms with Gasteiger partial charge in [0.1, 0.15) is 42.7 Å². The molecule has 9 atom stereocenters. The van der Waals surface area contributed by atoms with Crippen LogP contribution < -0.4 is 27.8 Å². The number of carboxylic acid groups (broad SMARTS) is 1. The van der Waals surface area contributed by atoms with Crippen LogP contribution in [0.1, 0.15) is 60.1 Å². The number of carbonyl (C=O) groups excluding carboxylic acids is 2. The fourth-order valence-corrected chi connectivity index (χ4v) is 7.47. The molecule has 0 radical (unpaired) electrons. The lowest BCUT2D eigenvalue weighted by Gasteiger charge is -2.36. The van der Waals surface area contributed by atoms with Gasteiger partial charge in [-0.25, -0.2) is 14.8 Å². The van der Waals surface area contributed by atoms with Gasteiger partial charge in [0.2, 0.25) is 5.91 Å². The summed E-state index contributed by atoms with van der Waals surface area (Å²) in [5.74, 6) is -3.19. The first-order chi connectivity index (χ1) is 33.2. The molecule has 3 rings (SSSR count). The number of hydrogen-bond acceptors (Lipinski definition) is 20. The van der Waals surface area contributed by atoms with E-state index in [1.54, 1.807) is 0 Å². The molecule has 390 valence electrons. The van der Waals surface area contributed by atoms with Crippen molar-refractivity contribution in [2.45, 2.75) is 106 Å². The summed E-state index contributed by atoms with van der Waals surface area (Å²) in [6.45, 7) is -3.05. The molecule has 24 nitrogen and oxygen atoms in total. The highest BCUT2D eigenvalue weighted by Gasteiger charge is 2.36. The van der Waals surface area contributed by atoms with Gasteiger partial charge in [0.05, 0.1) is 25.4 Å². The molecule has 1 heterocycles. The lowest BCUT2D eigenvalue weighted by Crippen LogP contribution is -2.55. The lowest BCUT2D eigenvalue weighted by molar-refractivity contribution is -0.151. The van der Waals surface area contributed by atoms with E-state index in [9.17, 15) is 70.6 Å². The third-order valence-electron chi connectivity index (χ3n) is 11.5. The molecule has 1 aromatic heterocycles. The van der Waals surface area contributed by atoms with E-state index >= 15 is 0 Å². The van der Waals surface area contributed by atoms with Gasteiger partial charge in [0.25, 0.3) is 5.91 Å². The summed E-state index contributed by atoms with van der Waals surface area (Å²) in [7, 11) is 0. The van der Waals surface area contributed by atoms with Crippen molar-refractivity contribution < 1.29 is 70.6 Å². The maximum atomic E-state index is 14.0. The van der Waals surface area contributed by atoms with Gasteiger partial charge < -0.3 is 83.6 Å². The molecule has 0 saturated heterocycles. The Balaban J connectivity index is 1.64. The average Bonchev–Trinajstić information content (AvgIpc) is 3.34.